The van der Waals surface area contributed by atoms with E-state index < -0.39 is 0 Å². The first-order valence-electron chi connectivity index (χ1n) is 8.72. The summed E-state index contributed by atoms with van der Waals surface area (Å²) < 4.78 is 5.95. The van der Waals surface area contributed by atoms with Crippen LogP contribution in [-0.4, -0.2) is 46.3 Å². The van der Waals surface area contributed by atoms with E-state index in [1.165, 1.54) is 5.56 Å². The van der Waals surface area contributed by atoms with Gasteiger partial charge in [0.25, 0.3) is 0 Å². The summed E-state index contributed by atoms with van der Waals surface area (Å²) in [7, 11) is 0. The average Bonchev–Trinajstić information content (AvgIpc) is 3.22. The third-order valence-electron chi connectivity index (χ3n) is 4.64. The van der Waals surface area contributed by atoms with Crippen molar-refractivity contribution in [2.45, 2.75) is 12.5 Å². The van der Waals surface area contributed by atoms with E-state index in [-0.39, 0.29) is 6.10 Å². The van der Waals surface area contributed by atoms with Crippen molar-refractivity contribution in [1.29, 1.82) is 0 Å². The number of nitrogens with zero attached hydrogens (tertiary/aromatic N) is 3. The predicted molar refractivity (Wildman–Crippen MR) is 97.1 cm³/mol. The largest absolute Gasteiger partial charge is 0.369 e. The van der Waals surface area contributed by atoms with Crippen LogP contribution in [0.2, 0.25) is 0 Å². The van der Waals surface area contributed by atoms with Crippen molar-refractivity contribution in [3.8, 4) is 11.3 Å². The van der Waals surface area contributed by atoms with E-state index in [0.717, 1.165) is 49.6 Å². The quantitative estimate of drug-likeness (QED) is 0.779. The van der Waals surface area contributed by atoms with Crippen LogP contribution >= 0.6 is 0 Å². The highest BCUT2D eigenvalue weighted by Gasteiger charge is 2.22. The summed E-state index contributed by atoms with van der Waals surface area (Å²) in [4.78, 5) is 7.08. The Morgan fingerprint density at radius 1 is 1.12 bits per heavy atom. The molecule has 5 nitrogen and oxygen atoms in total. The van der Waals surface area contributed by atoms with Crippen LogP contribution in [0.15, 0.2) is 60.9 Å². The second-order valence-corrected chi connectivity index (χ2v) is 6.34. The smallest absolute Gasteiger partial charge is 0.112 e. The van der Waals surface area contributed by atoms with Crippen molar-refractivity contribution in [1.82, 2.24) is 20.1 Å². The molecule has 1 unspecified atom stereocenters. The average molecular weight is 334 g/mol. The Bertz CT molecular complexity index is 771. The molecule has 3 aromatic rings. The summed E-state index contributed by atoms with van der Waals surface area (Å²) in [5.41, 5.74) is 4.39. The van der Waals surface area contributed by atoms with Gasteiger partial charge in [-0.15, -0.1) is 0 Å². The van der Waals surface area contributed by atoms with E-state index >= 15 is 0 Å². The first-order chi connectivity index (χ1) is 12.4. The lowest BCUT2D eigenvalue weighted by Gasteiger charge is -2.32. The van der Waals surface area contributed by atoms with Crippen molar-refractivity contribution in [3.05, 3.63) is 72.2 Å². The molecule has 4 rings (SSSR count). The Morgan fingerprint density at radius 2 is 2.04 bits per heavy atom. The van der Waals surface area contributed by atoms with E-state index in [2.05, 4.69) is 62.5 Å². The number of H-pyrrole nitrogens is 1. The van der Waals surface area contributed by atoms with Crippen LogP contribution in [0.25, 0.3) is 11.3 Å². The summed E-state index contributed by atoms with van der Waals surface area (Å²) >= 11 is 0. The zero-order chi connectivity index (χ0) is 16.9. The van der Waals surface area contributed by atoms with Gasteiger partial charge in [0.15, 0.2) is 0 Å². The van der Waals surface area contributed by atoms with E-state index in [1.54, 1.807) is 6.20 Å². The van der Waals surface area contributed by atoms with Crippen LogP contribution < -0.4 is 0 Å². The van der Waals surface area contributed by atoms with Crippen molar-refractivity contribution in [3.63, 3.8) is 0 Å². The number of rotatable bonds is 5. The fourth-order valence-corrected chi connectivity index (χ4v) is 3.19. The van der Waals surface area contributed by atoms with Crippen LogP contribution in [0.5, 0.6) is 0 Å². The Balaban J connectivity index is 1.37. The molecule has 1 aliphatic rings. The number of benzene rings is 1. The Kier molecular flexibility index (Phi) is 4.86. The van der Waals surface area contributed by atoms with Gasteiger partial charge >= 0.3 is 0 Å². The van der Waals surface area contributed by atoms with Crippen LogP contribution in [-0.2, 0) is 11.2 Å². The Hall–Kier alpha value is -2.50. The number of hydrogen-bond donors (Lipinski definition) is 1. The van der Waals surface area contributed by atoms with Gasteiger partial charge in [-0.1, -0.05) is 30.3 Å². The molecule has 1 fully saturated rings. The first-order valence-corrected chi connectivity index (χ1v) is 8.72. The number of aromatic nitrogens is 3. The maximum Gasteiger partial charge on any atom is 0.112 e. The lowest BCUT2D eigenvalue weighted by Crippen LogP contribution is -2.39. The number of aromatic amines is 1. The molecule has 0 spiro atoms. The minimum atomic E-state index is 0.0420. The Morgan fingerprint density at radius 3 is 2.80 bits per heavy atom. The van der Waals surface area contributed by atoms with Gasteiger partial charge in [0.05, 0.1) is 18.0 Å². The highest BCUT2D eigenvalue weighted by atomic mass is 16.5. The molecule has 1 saturated heterocycles. The molecule has 0 amide bonds. The number of pyridine rings is 1. The molecule has 0 bridgehead atoms. The molecule has 3 heterocycles. The minimum Gasteiger partial charge on any atom is -0.369 e. The molecule has 128 valence electrons. The van der Waals surface area contributed by atoms with Crippen LogP contribution in [0.3, 0.4) is 0 Å². The maximum absolute atomic E-state index is 5.95. The number of ether oxygens (including phenoxy) is 1. The molecule has 0 saturated carbocycles. The van der Waals surface area contributed by atoms with Crippen molar-refractivity contribution >= 4 is 0 Å². The predicted octanol–water partition coefficient (Wildman–Crippen LogP) is 3.09. The molecule has 2 aromatic heterocycles. The molecule has 0 radical (unpaired) electrons. The van der Waals surface area contributed by atoms with Gasteiger partial charge in [-0.2, -0.15) is 5.10 Å². The van der Waals surface area contributed by atoms with Gasteiger partial charge in [-0.3, -0.25) is 15.0 Å². The SMILES string of the molecule is c1ccc(CCN2CCOC(c3ccc(-c4ccn[nH]4)cn3)C2)cc1. The molecule has 1 aliphatic heterocycles. The zero-order valence-corrected chi connectivity index (χ0v) is 14.1. The van der Waals surface area contributed by atoms with Gasteiger partial charge in [-0.05, 0) is 30.2 Å². The van der Waals surface area contributed by atoms with E-state index in [4.69, 9.17) is 4.74 Å². The summed E-state index contributed by atoms with van der Waals surface area (Å²) in [6.45, 7) is 3.68. The van der Waals surface area contributed by atoms with Crippen LogP contribution in [0.1, 0.15) is 17.4 Å². The second-order valence-electron chi connectivity index (χ2n) is 6.34. The molecule has 0 aliphatic carbocycles. The van der Waals surface area contributed by atoms with Crippen molar-refractivity contribution in [2.75, 3.05) is 26.2 Å². The van der Waals surface area contributed by atoms with E-state index in [0.29, 0.717) is 0 Å². The Labute approximate surface area is 147 Å². The van der Waals surface area contributed by atoms with Crippen molar-refractivity contribution < 1.29 is 4.74 Å². The zero-order valence-electron chi connectivity index (χ0n) is 14.1. The van der Waals surface area contributed by atoms with Gasteiger partial charge in [0.1, 0.15) is 6.10 Å². The number of hydrogen-bond acceptors (Lipinski definition) is 4. The van der Waals surface area contributed by atoms with Crippen molar-refractivity contribution in [2.24, 2.45) is 0 Å². The number of nitrogens with one attached hydrogen (secondary N) is 1. The number of morpholine rings is 1. The van der Waals surface area contributed by atoms with Gasteiger partial charge in [0.2, 0.25) is 0 Å². The molecule has 1 N–H and O–H groups in total. The molecular weight excluding hydrogens is 312 g/mol. The second kappa shape index (κ2) is 7.59. The summed E-state index contributed by atoms with van der Waals surface area (Å²) in [6.07, 6.45) is 4.74. The highest BCUT2D eigenvalue weighted by molar-refractivity contribution is 5.57. The normalized spacial score (nSPS) is 18.3. The summed E-state index contributed by atoms with van der Waals surface area (Å²) in [5.74, 6) is 0. The lowest BCUT2D eigenvalue weighted by atomic mass is 10.1. The molecule has 5 heteroatoms. The highest BCUT2D eigenvalue weighted by Crippen LogP contribution is 2.23. The third-order valence-corrected chi connectivity index (χ3v) is 4.64. The topological polar surface area (TPSA) is 54.0 Å². The summed E-state index contributed by atoms with van der Waals surface area (Å²) in [5, 5.41) is 6.94. The molecule has 1 atom stereocenters. The lowest BCUT2D eigenvalue weighted by molar-refractivity contribution is -0.0316. The van der Waals surface area contributed by atoms with Crippen LogP contribution in [0.4, 0.5) is 0 Å². The van der Waals surface area contributed by atoms with Gasteiger partial charge in [-0.25, -0.2) is 0 Å². The fraction of sp³-hybridized carbons (Fsp3) is 0.300. The monoisotopic (exact) mass is 334 g/mol. The van der Waals surface area contributed by atoms with E-state index in [9.17, 15) is 0 Å². The van der Waals surface area contributed by atoms with Gasteiger partial charge < -0.3 is 4.74 Å². The van der Waals surface area contributed by atoms with E-state index in [1.807, 2.05) is 12.3 Å². The molecule has 1 aromatic carbocycles. The third kappa shape index (κ3) is 3.95. The molecular formula is C20H22N4O. The summed E-state index contributed by atoms with van der Waals surface area (Å²) in [6, 6.07) is 16.7. The first kappa shape index (κ1) is 16.0. The molecule has 25 heavy (non-hydrogen) atoms. The maximum atomic E-state index is 5.95. The fourth-order valence-electron chi connectivity index (χ4n) is 3.19. The standard InChI is InChI=1S/C20H22N4O/c1-2-4-16(5-3-1)9-11-24-12-13-25-20(15-24)19-7-6-17(14-21-19)18-8-10-22-23-18/h1-8,10,14,20H,9,11-13,15H2,(H,22,23). The minimum absolute atomic E-state index is 0.0420. The van der Waals surface area contributed by atoms with Gasteiger partial charge in [0, 0.05) is 37.6 Å². The van der Waals surface area contributed by atoms with Crippen LogP contribution in [0, 0.1) is 0 Å².